The molecule has 0 aromatic heterocycles. The first-order valence-electron chi connectivity index (χ1n) is 7.00. The number of carbonyl (C=O) groups is 1. The lowest BCUT2D eigenvalue weighted by molar-refractivity contribution is -0.137. The minimum absolute atomic E-state index is 0.359. The van der Waals surface area contributed by atoms with E-state index in [9.17, 15) is 4.79 Å². The fraction of sp³-hybridized carbons (Fsp3) is 0.800. The molecular weight excluding hydrogens is 212 g/mol. The molecule has 0 amide bonds. The first kappa shape index (κ1) is 12.7. The monoisotopic (exact) mass is 236 g/mol. The molecule has 4 rings (SSSR count). The van der Waals surface area contributed by atoms with Gasteiger partial charge in [0.1, 0.15) is 0 Å². The summed E-state index contributed by atoms with van der Waals surface area (Å²) in [4.78, 5) is 10.1. The van der Waals surface area contributed by atoms with Crippen LogP contribution in [0.15, 0.2) is 12.7 Å². The number of hydrogen-bond acceptors (Lipinski definition) is 2. The van der Waals surface area contributed by atoms with Crippen molar-refractivity contribution in [2.75, 3.05) is 6.61 Å². The van der Waals surface area contributed by atoms with Crippen molar-refractivity contribution in [2.24, 2.45) is 23.7 Å². The Morgan fingerprint density at radius 1 is 1.06 bits per heavy atom. The van der Waals surface area contributed by atoms with Crippen LogP contribution >= 0.6 is 0 Å². The number of esters is 1. The third-order valence-corrected chi connectivity index (χ3v) is 4.45. The van der Waals surface area contributed by atoms with E-state index in [-0.39, 0.29) is 5.97 Å². The zero-order valence-electron chi connectivity index (χ0n) is 10.9. The predicted octanol–water partition coefficient (Wildman–Crippen LogP) is 3.57. The summed E-state index contributed by atoms with van der Waals surface area (Å²) in [6.07, 6.45) is 10.8. The largest absolute Gasteiger partial charge is 0.463 e. The third-order valence-electron chi connectivity index (χ3n) is 4.45. The third kappa shape index (κ3) is 3.34. The standard InChI is InChI=1S/C10H16.C5H8O2/c1-7-2-9-4-8(1)5-10(3-7)6-9;1-3-5(6)7-4-2/h7-10H,1-6H2;3H,1,4H2,2H3. The summed E-state index contributed by atoms with van der Waals surface area (Å²) < 4.78 is 4.43. The van der Waals surface area contributed by atoms with E-state index in [1.54, 1.807) is 45.4 Å². The maximum atomic E-state index is 10.1. The Morgan fingerprint density at radius 3 is 1.59 bits per heavy atom. The normalized spacial score (nSPS) is 37.0. The topological polar surface area (TPSA) is 26.3 Å². The van der Waals surface area contributed by atoms with E-state index in [1.165, 1.54) is 23.7 Å². The van der Waals surface area contributed by atoms with E-state index in [0.717, 1.165) is 6.08 Å². The summed E-state index contributed by atoms with van der Waals surface area (Å²) in [5, 5.41) is 0. The van der Waals surface area contributed by atoms with Gasteiger partial charge in [-0.1, -0.05) is 6.58 Å². The highest BCUT2D eigenvalue weighted by atomic mass is 16.5. The lowest BCUT2D eigenvalue weighted by Crippen LogP contribution is -2.38. The molecule has 0 unspecified atom stereocenters. The van der Waals surface area contributed by atoms with Crippen LogP contribution in [0.5, 0.6) is 0 Å². The first-order valence-corrected chi connectivity index (χ1v) is 7.00. The van der Waals surface area contributed by atoms with Gasteiger partial charge in [0.2, 0.25) is 0 Å². The van der Waals surface area contributed by atoms with E-state index in [1.807, 2.05) is 0 Å². The molecule has 2 heteroatoms. The fourth-order valence-electron chi connectivity index (χ4n) is 4.18. The van der Waals surface area contributed by atoms with Crippen molar-refractivity contribution in [1.29, 1.82) is 0 Å². The van der Waals surface area contributed by atoms with E-state index >= 15 is 0 Å². The zero-order chi connectivity index (χ0) is 12.3. The van der Waals surface area contributed by atoms with Crippen LogP contribution in [-0.4, -0.2) is 12.6 Å². The molecule has 0 atom stereocenters. The van der Waals surface area contributed by atoms with Crippen molar-refractivity contribution in [3.8, 4) is 0 Å². The van der Waals surface area contributed by atoms with Gasteiger partial charge < -0.3 is 4.74 Å². The maximum Gasteiger partial charge on any atom is 0.330 e. The summed E-state index contributed by atoms with van der Waals surface area (Å²) in [5.41, 5.74) is 0. The predicted molar refractivity (Wildman–Crippen MR) is 68.5 cm³/mol. The second-order valence-electron chi connectivity index (χ2n) is 5.83. The van der Waals surface area contributed by atoms with Crippen molar-refractivity contribution in [3.05, 3.63) is 12.7 Å². The molecule has 4 fully saturated rings. The second-order valence-corrected chi connectivity index (χ2v) is 5.83. The van der Waals surface area contributed by atoms with Crippen molar-refractivity contribution in [3.63, 3.8) is 0 Å². The number of rotatable bonds is 2. The SMILES string of the molecule is C1C2CC3CC1CC(C2)C3.C=CC(=O)OCC. The molecule has 17 heavy (non-hydrogen) atoms. The van der Waals surface area contributed by atoms with E-state index < -0.39 is 0 Å². The van der Waals surface area contributed by atoms with Crippen molar-refractivity contribution < 1.29 is 9.53 Å². The molecule has 4 aliphatic carbocycles. The van der Waals surface area contributed by atoms with Crippen LogP contribution in [0.4, 0.5) is 0 Å². The van der Waals surface area contributed by atoms with Crippen LogP contribution in [0, 0.1) is 23.7 Å². The molecule has 4 aliphatic rings. The van der Waals surface area contributed by atoms with Crippen LogP contribution in [0.1, 0.15) is 45.4 Å². The quantitative estimate of drug-likeness (QED) is 0.541. The minimum Gasteiger partial charge on any atom is -0.463 e. The molecule has 0 radical (unpaired) electrons. The molecule has 0 N–H and O–H groups in total. The Morgan fingerprint density at radius 2 is 1.41 bits per heavy atom. The second kappa shape index (κ2) is 5.70. The lowest BCUT2D eigenvalue weighted by Gasteiger charge is -2.49. The van der Waals surface area contributed by atoms with Crippen molar-refractivity contribution in [2.45, 2.75) is 45.4 Å². The van der Waals surface area contributed by atoms with Gasteiger partial charge in [-0.05, 0) is 69.1 Å². The average molecular weight is 236 g/mol. The highest BCUT2D eigenvalue weighted by Gasteiger charge is 2.41. The van der Waals surface area contributed by atoms with Gasteiger partial charge in [0, 0.05) is 6.08 Å². The molecule has 96 valence electrons. The highest BCUT2D eigenvalue weighted by molar-refractivity contribution is 5.81. The molecule has 0 aromatic carbocycles. The van der Waals surface area contributed by atoms with Gasteiger partial charge >= 0.3 is 5.97 Å². The minimum atomic E-state index is -0.359. The Bertz CT molecular complexity index is 226. The molecule has 0 heterocycles. The molecule has 0 aliphatic heterocycles. The molecule has 0 aromatic rings. The lowest BCUT2D eigenvalue weighted by atomic mass is 9.56. The molecular formula is C15H24O2. The molecule has 0 saturated heterocycles. The summed E-state index contributed by atoms with van der Waals surface area (Å²) in [6.45, 7) is 5.38. The van der Waals surface area contributed by atoms with Crippen LogP contribution in [-0.2, 0) is 9.53 Å². The van der Waals surface area contributed by atoms with Gasteiger partial charge in [0.05, 0.1) is 6.61 Å². The number of ether oxygens (including phenoxy) is 1. The Balaban J connectivity index is 0.000000139. The van der Waals surface area contributed by atoms with E-state index in [2.05, 4.69) is 11.3 Å². The summed E-state index contributed by atoms with van der Waals surface area (Å²) in [6, 6.07) is 0. The fourth-order valence-corrected chi connectivity index (χ4v) is 4.18. The van der Waals surface area contributed by atoms with Gasteiger partial charge in [0.25, 0.3) is 0 Å². The van der Waals surface area contributed by atoms with Crippen molar-refractivity contribution >= 4 is 5.97 Å². The Labute approximate surface area is 104 Å². The average Bonchev–Trinajstić information content (AvgIpc) is 2.28. The van der Waals surface area contributed by atoms with Crippen LogP contribution in [0.2, 0.25) is 0 Å². The zero-order valence-corrected chi connectivity index (χ0v) is 10.9. The van der Waals surface area contributed by atoms with Gasteiger partial charge in [-0.3, -0.25) is 0 Å². The summed E-state index contributed by atoms with van der Waals surface area (Å²) in [7, 11) is 0. The van der Waals surface area contributed by atoms with Crippen molar-refractivity contribution in [1.82, 2.24) is 0 Å². The van der Waals surface area contributed by atoms with Gasteiger partial charge in [-0.25, -0.2) is 4.79 Å². The number of hydrogen-bond donors (Lipinski definition) is 0. The van der Waals surface area contributed by atoms with Crippen LogP contribution in [0.25, 0.3) is 0 Å². The molecule has 4 saturated carbocycles. The van der Waals surface area contributed by atoms with Crippen LogP contribution in [0.3, 0.4) is 0 Å². The van der Waals surface area contributed by atoms with E-state index in [4.69, 9.17) is 0 Å². The Hall–Kier alpha value is -0.790. The maximum absolute atomic E-state index is 10.1. The molecule has 0 spiro atoms. The summed E-state index contributed by atoms with van der Waals surface area (Å²) in [5.74, 6) is 4.35. The molecule has 4 bridgehead atoms. The molecule has 2 nitrogen and oxygen atoms in total. The first-order chi connectivity index (χ1) is 8.21. The van der Waals surface area contributed by atoms with Crippen LogP contribution < -0.4 is 0 Å². The van der Waals surface area contributed by atoms with Gasteiger partial charge in [0.15, 0.2) is 0 Å². The van der Waals surface area contributed by atoms with Gasteiger partial charge in [-0.15, -0.1) is 0 Å². The summed E-state index contributed by atoms with van der Waals surface area (Å²) >= 11 is 0. The Kier molecular flexibility index (Phi) is 4.25. The van der Waals surface area contributed by atoms with Gasteiger partial charge in [-0.2, -0.15) is 0 Å². The number of carbonyl (C=O) groups excluding carboxylic acids is 1. The van der Waals surface area contributed by atoms with E-state index in [0.29, 0.717) is 6.61 Å². The smallest absolute Gasteiger partial charge is 0.330 e. The highest BCUT2D eigenvalue weighted by Crippen LogP contribution is 2.53.